The highest BCUT2D eigenvalue weighted by Crippen LogP contribution is 2.14. The molecule has 0 bridgehead atoms. The molecule has 0 radical (unpaired) electrons. The highest BCUT2D eigenvalue weighted by molar-refractivity contribution is 7.80. The fraction of sp³-hybridized carbons (Fsp3) is 0.571. The Bertz CT molecular complexity index is 317. The molecule has 0 aliphatic heterocycles. The molecule has 0 amide bonds. The predicted octanol–water partition coefficient (Wildman–Crippen LogP) is 3.23. The fourth-order valence-electron chi connectivity index (χ4n) is 1.83. The smallest absolute Gasteiger partial charge is 0.119 e. The van der Waals surface area contributed by atoms with E-state index in [0.717, 1.165) is 24.6 Å². The molecule has 0 atom stereocenters. The summed E-state index contributed by atoms with van der Waals surface area (Å²) in [7, 11) is 3.88. The maximum atomic E-state index is 5.22. The maximum Gasteiger partial charge on any atom is 0.119 e. The van der Waals surface area contributed by atoms with E-state index in [1.807, 2.05) is 12.1 Å². The minimum absolute atomic E-state index is 0.936. The molecule has 0 N–H and O–H groups in total. The van der Waals surface area contributed by atoms with Gasteiger partial charge in [0.05, 0.1) is 7.11 Å². The van der Waals surface area contributed by atoms with Crippen molar-refractivity contribution in [3.63, 3.8) is 0 Å². The van der Waals surface area contributed by atoms with E-state index < -0.39 is 0 Å². The van der Waals surface area contributed by atoms with Gasteiger partial charge in [0.2, 0.25) is 0 Å². The minimum atomic E-state index is 0.936. The molecule has 17 heavy (non-hydrogen) atoms. The second-order valence-corrected chi connectivity index (χ2v) is 4.82. The Morgan fingerprint density at radius 2 is 2.06 bits per heavy atom. The molecule has 0 saturated heterocycles. The summed E-state index contributed by atoms with van der Waals surface area (Å²) in [6.45, 7) is 2.13. The summed E-state index contributed by atoms with van der Waals surface area (Å²) in [5.41, 5.74) is 1.31. The molecule has 2 nitrogen and oxygen atoms in total. The van der Waals surface area contributed by atoms with E-state index in [1.165, 1.54) is 24.8 Å². The summed E-state index contributed by atoms with van der Waals surface area (Å²) < 4.78 is 5.22. The van der Waals surface area contributed by atoms with Gasteiger partial charge in [0, 0.05) is 6.54 Å². The molecule has 0 heterocycles. The maximum absolute atomic E-state index is 5.22. The third kappa shape index (κ3) is 5.99. The number of thiol groups is 1. The molecular formula is C14H23NOS. The molecule has 1 aromatic rings. The van der Waals surface area contributed by atoms with Crippen molar-refractivity contribution in [1.82, 2.24) is 4.90 Å². The van der Waals surface area contributed by atoms with Crippen molar-refractivity contribution in [1.29, 1.82) is 0 Å². The monoisotopic (exact) mass is 253 g/mol. The van der Waals surface area contributed by atoms with E-state index in [0.29, 0.717) is 0 Å². The fourth-order valence-corrected chi connectivity index (χ4v) is 2.06. The molecule has 96 valence electrons. The standard InChI is InChI=1S/C14H23NOS/c1-15(9-4-3-5-10-17)12-13-7-6-8-14(11-13)16-2/h6-8,11,17H,3-5,9-10,12H2,1-2H3. The van der Waals surface area contributed by atoms with Gasteiger partial charge >= 0.3 is 0 Å². The first-order valence-corrected chi connectivity index (χ1v) is 6.82. The van der Waals surface area contributed by atoms with Crippen molar-refractivity contribution in [2.45, 2.75) is 25.8 Å². The molecular weight excluding hydrogens is 230 g/mol. The Morgan fingerprint density at radius 3 is 2.76 bits per heavy atom. The summed E-state index contributed by atoms with van der Waals surface area (Å²) in [6, 6.07) is 8.27. The van der Waals surface area contributed by atoms with Crippen LogP contribution in [0.5, 0.6) is 5.75 Å². The molecule has 0 aromatic heterocycles. The van der Waals surface area contributed by atoms with E-state index in [9.17, 15) is 0 Å². The first kappa shape index (κ1) is 14.4. The van der Waals surface area contributed by atoms with Gasteiger partial charge in [0.25, 0.3) is 0 Å². The van der Waals surface area contributed by atoms with Crippen LogP contribution in [0.3, 0.4) is 0 Å². The first-order chi connectivity index (χ1) is 8.26. The van der Waals surface area contributed by atoms with Crippen LogP contribution >= 0.6 is 12.6 Å². The number of methoxy groups -OCH3 is 1. The van der Waals surface area contributed by atoms with Crippen LogP contribution in [0.4, 0.5) is 0 Å². The zero-order chi connectivity index (χ0) is 12.5. The Hall–Kier alpha value is -0.670. The average Bonchev–Trinajstić information content (AvgIpc) is 2.35. The number of benzene rings is 1. The van der Waals surface area contributed by atoms with Crippen molar-refractivity contribution in [2.24, 2.45) is 0 Å². The Kier molecular flexibility index (Phi) is 7.13. The lowest BCUT2D eigenvalue weighted by Crippen LogP contribution is -2.19. The van der Waals surface area contributed by atoms with Crippen LogP contribution in [0.25, 0.3) is 0 Å². The van der Waals surface area contributed by atoms with E-state index in [1.54, 1.807) is 7.11 Å². The van der Waals surface area contributed by atoms with Gasteiger partial charge in [-0.25, -0.2) is 0 Å². The lowest BCUT2D eigenvalue weighted by atomic mass is 10.2. The molecule has 0 fully saturated rings. The number of hydrogen-bond acceptors (Lipinski definition) is 3. The second kappa shape index (κ2) is 8.43. The summed E-state index contributed by atoms with van der Waals surface area (Å²) >= 11 is 4.22. The molecule has 0 aliphatic carbocycles. The quantitative estimate of drug-likeness (QED) is 0.564. The zero-order valence-corrected chi connectivity index (χ0v) is 11.7. The van der Waals surface area contributed by atoms with Crippen LogP contribution in [-0.2, 0) is 6.54 Å². The van der Waals surface area contributed by atoms with Gasteiger partial charge in [0.1, 0.15) is 5.75 Å². The van der Waals surface area contributed by atoms with Crippen LogP contribution < -0.4 is 4.74 Å². The number of ether oxygens (including phenoxy) is 1. The predicted molar refractivity (Wildman–Crippen MR) is 77.0 cm³/mol. The molecule has 3 heteroatoms. The minimum Gasteiger partial charge on any atom is -0.497 e. The lowest BCUT2D eigenvalue weighted by Gasteiger charge is -2.16. The van der Waals surface area contributed by atoms with Crippen molar-refractivity contribution in [3.05, 3.63) is 29.8 Å². The normalized spacial score (nSPS) is 10.8. The average molecular weight is 253 g/mol. The van der Waals surface area contributed by atoms with Gasteiger partial charge < -0.3 is 9.64 Å². The molecule has 1 aromatic carbocycles. The van der Waals surface area contributed by atoms with Crippen molar-refractivity contribution < 1.29 is 4.74 Å². The van der Waals surface area contributed by atoms with E-state index in [-0.39, 0.29) is 0 Å². The highest BCUT2D eigenvalue weighted by atomic mass is 32.1. The summed E-state index contributed by atoms with van der Waals surface area (Å²) in [4.78, 5) is 2.35. The number of nitrogens with zero attached hydrogens (tertiary/aromatic N) is 1. The van der Waals surface area contributed by atoms with Crippen LogP contribution in [-0.4, -0.2) is 31.4 Å². The SMILES string of the molecule is COc1cccc(CN(C)CCCCCS)c1. The van der Waals surface area contributed by atoms with Gasteiger partial charge in [-0.3, -0.25) is 0 Å². The largest absolute Gasteiger partial charge is 0.497 e. The summed E-state index contributed by atoms with van der Waals surface area (Å²) in [5.74, 6) is 1.94. The molecule has 0 spiro atoms. The third-order valence-corrected chi connectivity index (χ3v) is 3.10. The van der Waals surface area contributed by atoms with Gasteiger partial charge in [-0.15, -0.1) is 0 Å². The highest BCUT2D eigenvalue weighted by Gasteiger charge is 2.01. The van der Waals surface area contributed by atoms with Crippen LogP contribution in [0.2, 0.25) is 0 Å². The van der Waals surface area contributed by atoms with E-state index >= 15 is 0 Å². The summed E-state index contributed by atoms with van der Waals surface area (Å²) in [5, 5.41) is 0. The van der Waals surface area contributed by atoms with Crippen LogP contribution in [0.1, 0.15) is 24.8 Å². The number of hydrogen-bond donors (Lipinski definition) is 1. The van der Waals surface area contributed by atoms with E-state index in [2.05, 4.69) is 36.7 Å². The Labute approximate surface area is 110 Å². The van der Waals surface area contributed by atoms with Gasteiger partial charge in [-0.2, -0.15) is 12.6 Å². The molecule has 0 aliphatic rings. The van der Waals surface area contributed by atoms with E-state index in [4.69, 9.17) is 4.74 Å². The summed E-state index contributed by atoms with van der Waals surface area (Å²) in [6.07, 6.45) is 3.74. The number of unbranched alkanes of at least 4 members (excludes halogenated alkanes) is 2. The second-order valence-electron chi connectivity index (χ2n) is 4.37. The molecule has 0 saturated carbocycles. The molecule has 0 unspecified atom stereocenters. The zero-order valence-electron chi connectivity index (χ0n) is 10.9. The lowest BCUT2D eigenvalue weighted by molar-refractivity contribution is 0.317. The Morgan fingerprint density at radius 1 is 1.24 bits per heavy atom. The van der Waals surface area contributed by atoms with Gasteiger partial charge in [-0.05, 0) is 49.9 Å². The molecule has 1 rings (SSSR count). The van der Waals surface area contributed by atoms with Crippen LogP contribution in [0, 0.1) is 0 Å². The van der Waals surface area contributed by atoms with Crippen LogP contribution in [0.15, 0.2) is 24.3 Å². The van der Waals surface area contributed by atoms with Crippen molar-refractivity contribution in [3.8, 4) is 5.75 Å². The van der Waals surface area contributed by atoms with Gasteiger partial charge in [0.15, 0.2) is 0 Å². The number of rotatable bonds is 8. The topological polar surface area (TPSA) is 12.5 Å². The van der Waals surface area contributed by atoms with Crippen molar-refractivity contribution in [2.75, 3.05) is 26.5 Å². The van der Waals surface area contributed by atoms with Crippen molar-refractivity contribution >= 4 is 12.6 Å². The third-order valence-electron chi connectivity index (χ3n) is 2.78. The van der Waals surface area contributed by atoms with Gasteiger partial charge in [-0.1, -0.05) is 18.6 Å². The first-order valence-electron chi connectivity index (χ1n) is 6.18. The Balaban J connectivity index is 2.31.